The lowest BCUT2D eigenvalue weighted by molar-refractivity contribution is -0.149. The molecule has 27 heavy (non-hydrogen) atoms. The van der Waals surface area contributed by atoms with Crippen LogP contribution in [0.15, 0.2) is 47.1 Å². The van der Waals surface area contributed by atoms with Crippen molar-refractivity contribution in [3.8, 4) is 0 Å². The minimum absolute atomic E-state index is 0.102. The molecule has 1 aliphatic carbocycles. The van der Waals surface area contributed by atoms with Crippen molar-refractivity contribution in [2.45, 2.75) is 72.5 Å². The third-order valence-corrected chi connectivity index (χ3v) is 5.39. The number of rotatable bonds is 8. The Morgan fingerprint density at radius 3 is 2.59 bits per heavy atom. The Balaban J connectivity index is 2.82. The van der Waals surface area contributed by atoms with Crippen molar-refractivity contribution in [1.29, 1.82) is 0 Å². The molecule has 0 aromatic heterocycles. The second kappa shape index (κ2) is 10.0. The maximum atomic E-state index is 10.9. The van der Waals surface area contributed by atoms with Gasteiger partial charge in [-0.1, -0.05) is 55.4 Å². The Bertz CT molecular complexity index is 637. The van der Waals surface area contributed by atoms with Gasteiger partial charge in [-0.2, -0.15) is 0 Å². The van der Waals surface area contributed by atoms with E-state index in [2.05, 4.69) is 32.9 Å². The smallest absolute Gasteiger partial charge is 0.302 e. The Morgan fingerprint density at radius 1 is 1.37 bits per heavy atom. The van der Waals surface area contributed by atoms with Crippen LogP contribution in [0.5, 0.6) is 0 Å². The lowest BCUT2D eigenvalue weighted by Gasteiger charge is -2.32. The van der Waals surface area contributed by atoms with E-state index >= 15 is 0 Å². The van der Waals surface area contributed by atoms with Gasteiger partial charge in [0.05, 0.1) is 0 Å². The van der Waals surface area contributed by atoms with Crippen LogP contribution in [0.2, 0.25) is 0 Å². The molecule has 0 saturated carbocycles. The van der Waals surface area contributed by atoms with E-state index in [1.807, 2.05) is 19.1 Å². The number of aliphatic hydroxyl groups excluding tert-OH is 1. The van der Waals surface area contributed by atoms with Crippen LogP contribution in [-0.2, 0) is 14.3 Å². The Hall–Kier alpha value is -1.65. The fraction of sp³-hybridized carbons (Fsp3) is 0.609. The lowest BCUT2D eigenvalue weighted by Crippen LogP contribution is -2.42. The van der Waals surface area contributed by atoms with Crippen LogP contribution in [0.1, 0.15) is 60.8 Å². The second-order valence-electron chi connectivity index (χ2n) is 8.24. The van der Waals surface area contributed by atoms with Gasteiger partial charge in [-0.15, -0.1) is 0 Å². The van der Waals surface area contributed by atoms with Gasteiger partial charge >= 0.3 is 5.97 Å². The molecule has 0 spiro atoms. The molecule has 0 fully saturated rings. The van der Waals surface area contributed by atoms with E-state index in [-0.39, 0.29) is 12.0 Å². The number of esters is 1. The molecule has 0 heterocycles. The van der Waals surface area contributed by atoms with Gasteiger partial charge in [0.2, 0.25) is 0 Å². The van der Waals surface area contributed by atoms with Crippen LogP contribution < -0.4 is 0 Å². The van der Waals surface area contributed by atoms with Crippen molar-refractivity contribution in [3.63, 3.8) is 0 Å². The van der Waals surface area contributed by atoms with Gasteiger partial charge in [-0.25, -0.2) is 0 Å². The third kappa shape index (κ3) is 7.11. The fourth-order valence-electron chi connectivity index (χ4n) is 3.35. The van der Waals surface area contributed by atoms with Crippen molar-refractivity contribution < 1.29 is 19.4 Å². The number of hydrogen-bond donors (Lipinski definition) is 1. The molecule has 0 aromatic carbocycles. The molecule has 0 bridgehead atoms. The minimum Gasteiger partial charge on any atom is -0.463 e. The molecule has 152 valence electrons. The van der Waals surface area contributed by atoms with Crippen LogP contribution in [0.25, 0.3) is 0 Å². The Morgan fingerprint density at radius 2 is 2.04 bits per heavy atom. The molecule has 1 aliphatic rings. The molecule has 0 saturated heterocycles. The zero-order valence-electron chi connectivity index (χ0n) is 18.0. The zero-order valence-corrected chi connectivity index (χ0v) is 18.0. The molecule has 0 aromatic rings. The second-order valence-corrected chi connectivity index (χ2v) is 8.24. The van der Waals surface area contributed by atoms with Crippen LogP contribution in [0.4, 0.5) is 0 Å². The van der Waals surface area contributed by atoms with Crippen molar-refractivity contribution in [1.82, 2.24) is 0 Å². The van der Waals surface area contributed by atoms with E-state index in [9.17, 15) is 9.90 Å². The number of aliphatic hydroxyl groups is 1. The molecular weight excluding hydrogens is 340 g/mol. The standard InChI is InChI=1S/C23H36O4/c1-17(12-13-20-18(2)11-9-14-22(20,4)5)10-8-15-23(6,26-7)21(25)16-27-19(3)24/h8,10,12-13,15,21,25H,9,11,14,16H2,1-7H3/b13-12+,15-8+,17-10+. The van der Waals surface area contributed by atoms with Crippen LogP contribution >= 0.6 is 0 Å². The summed E-state index contributed by atoms with van der Waals surface area (Å²) in [6, 6.07) is 0. The van der Waals surface area contributed by atoms with Crippen molar-refractivity contribution in [2.24, 2.45) is 5.41 Å². The monoisotopic (exact) mass is 376 g/mol. The van der Waals surface area contributed by atoms with E-state index in [1.165, 1.54) is 44.4 Å². The van der Waals surface area contributed by atoms with Gasteiger partial charge in [-0.05, 0) is 51.0 Å². The van der Waals surface area contributed by atoms with Crippen molar-refractivity contribution in [3.05, 3.63) is 47.1 Å². The predicted octanol–water partition coefficient (Wildman–Crippen LogP) is 4.90. The summed E-state index contributed by atoms with van der Waals surface area (Å²) >= 11 is 0. The van der Waals surface area contributed by atoms with Gasteiger partial charge in [0.25, 0.3) is 0 Å². The average molecular weight is 377 g/mol. The topological polar surface area (TPSA) is 55.8 Å². The first-order valence-electron chi connectivity index (χ1n) is 9.63. The number of ether oxygens (including phenoxy) is 2. The maximum Gasteiger partial charge on any atom is 0.302 e. The summed E-state index contributed by atoms with van der Waals surface area (Å²) in [4.78, 5) is 10.9. The summed E-state index contributed by atoms with van der Waals surface area (Å²) in [5, 5.41) is 10.2. The fourth-order valence-corrected chi connectivity index (χ4v) is 3.35. The highest BCUT2D eigenvalue weighted by Gasteiger charge is 2.31. The summed E-state index contributed by atoms with van der Waals surface area (Å²) in [6.07, 6.45) is 12.7. The minimum atomic E-state index is -0.942. The highest BCUT2D eigenvalue weighted by molar-refractivity contribution is 5.65. The zero-order chi connectivity index (χ0) is 20.7. The number of allylic oxidation sites excluding steroid dienone is 7. The molecule has 1 N–H and O–H groups in total. The predicted molar refractivity (Wildman–Crippen MR) is 110 cm³/mol. The average Bonchev–Trinajstić information content (AvgIpc) is 2.58. The van der Waals surface area contributed by atoms with Gasteiger partial charge in [0.15, 0.2) is 0 Å². The summed E-state index contributed by atoms with van der Waals surface area (Å²) in [6.45, 7) is 11.9. The molecule has 0 amide bonds. The first kappa shape index (κ1) is 23.4. The van der Waals surface area contributed by atoms with Gasteiger partial charge in [0, 0.05) is 14.0 Å². The van der Waals surface area contributed by atoms with E-state index in [1.54, 1.807) is 13.0 Å². The number of hydrogen-bond acceptors (Lipinski definition) is 4. The summed E-state index contributed by atoms with van der Waals surface area (Å²) in [7, 11) is 1.53. The van der Waals surface area contributed by atoms with E-state index in [0.717, 1.165) is 5.57 Å². The molecule has 0 aliphatic heterocycles. The highest BCUT2D eigenvalue weighted by Crippen LogP contribution is 2.40. The van der Waals surface area contributed by atoms with E-state index < -0.39 is 17.7 Å². The quantitative estimate of drug-likeness (QED) is 0.483. The normalized spacial score (nSPS) is 21.6. The first-order chi connectivity index (χ1) is 12.5. The molecule has 1 rings (SSSR count). The molecular formula is C23H36O4. The Kier molecular flexibility index (Phi) is 8.70. The summed E-state index contributed by atoms with van der Waals surface area (Å²) < 4.78 is 10.3. The number of carbonyl (C=O) groups is 1. The van der Waals surface area contributed by atoms with Crippen LogP contribution in [-0.4, -0.2) is 36.5 Å². The van der Waals surface area contributed by atoms with Gasteiger partial charge in [0.1, 0.15) is 18.3 Å². The SMILES string of the molecule is COC(C)(/C=C/C=C(C)/C=C/C1=C(C)CCCC1(C)C)C(O)COC(C)=O. The molecule has 0 radical (unpaired) electrons. The van der Waals surface area contributed by atoms with E-state index in [4.69, 9.17) is 9.47 Å². The van der Waals surface area contributed by atoms with Crippen molar-refractivity contribution in [2.75, 3.05) is 13.7 Å². The summed E-state index contributed by atoms with van der Waals surface area (Å²) in [5.41, 5.74) is 3.32. The number of carbonyl (C=O) groups excluding carboxylic acids is 1. The Labute approximate surface area is 164 Å². The van der Waals surface area contributed by atoms with Gasteiger partial charge in [-0.3, -0.25) is 4.79 Å². The molecule has 4 nitrogen and oxygen atoms in total. The highest BCUT2D eigenvalue weighted by atomic mass is 16.6. The first-order valence-corrected chi connectivity index (χ1v) is 9.63. The van der Waals surface area contributed by atoms with Crippen LogP contribution in [0, 0.1) is 5.41 Å². The lowest BCUT2D eigenvalue weighted by atomic mass is 9.72. The molecule has 2 atom stereocenters. The molecule has 2 unspecified atom stereocenters. The van der Waals surface area contributed by atoms with Crippen LogP contribution in [0.3, 0.4) is 0 Å². The summed E-state index contributed by atoms with van der Waals surface area (Å²) in [5.74, 6) is -0.424. The number of methoxy groups -OCH3 is 1. The van der Waals surface area contributed by atoms with E-state index in [0.29, 0.717) is 0 Å². The van der Waals surface area contributed by atoms with Gasteiger partial charge < -0.3 is 14.6 Å². The molecule has 4 heteroatoms. The third-order valence-electron chi connectivity index (χ3n) is 5.39. The largest absolute Gasteiger partial charge is 0.463 e. The van der Waals surface area contributed by atoms with Crippen molar-refractivity contribution >= 4 is 5.97 Å². The maximum absolute atomic E-state index is 10.9.